The van der Waals surface area contributed by atoms with Crippen molar-refractivity contribution < 1.29 is 4.39 Å². The normalized spacial score (nSPS) is 10.1. The third kappa shape index (κ3) is 3.73. The number of halogens is 1. The first kappa shape index (κ1) is 11.0. The average molecular weight is 192 g/mol. The van der Waals surface area contributed by atoms with Crippen LogP contribution in [0.3, 0.4) is 0 Å². The molecule has 0 aromatic heterocycles. The summed E-state index contributed by atoms with van der Waals surface area (Å²) in [5.74, 6) is -0.0729. The van der Waals surface area contributed by atoms with E-state index in [1.165, 1.54) is 6.07 Å². The first-order chi connectivity index (χ1) is 6.84. The van der Waals surface area contributed by atoms with Crippen molar-refractivity contribution in [2.45, 2.75) is 32.1 Å². The molecular formula is C13H17F. The van der Waals surface area contributed by atoms with Gasteiger partial charge in [0, 0.05) is 0 Å². The molecule has 76 valence electrons. The van der Waals surface area contributed by atoms with Crippen LogP contribution in [-0.2, 0) is 6.42 Å². The summed E-state index contributed by atoms with van der Waals surface area (Å²) in [7, 11) is 0. The van der Waals surface area contributed by atoms with Crippen molar-refractivity contribution >= 4 is 0 Å². The van der Waals surface area contributed by atoms with Crippen LogP contribution in [0.25, 0.3) is 0 Å². The topological polar surface area (TPSA) is 0 Å². The molecule has 0 saturated heterocycles. The summed E-state index contributed by atoms with van der Waals surface area (Å²) >= 11 is 0. The van der Waals surface area contributed by atoms with Gasteiger partial charge in [-0.25, -0.2) is 4.39 Å². The van der Waals surface area contributed by atoms with Crippen molar-refractivity contribution in [3.8, 4) is 0 Å². The molecule has 0 aliphatic rings. The second-order valence-electron chi connectivity index (χ2n) is 3.48. The number of hydrogen-bond donors (Lipinski definition) is 0. The lowest BCUT2D eigenvalue weighted by molar-refractivity contribution is 0.596. The van der Waals surface area contributed by atoms with Gasteiger partial charge in [-0.15, -0.1) is 6.58 Å². The minimum atomic E-state index is -0.0729. The number of aryl methyl sites for hydroxylation is 1. The maximum atomic E-state index is 13.1. The van der Waals surface area contributed by atoms with E-state index in [1.807, 2.05) is 18.2 Å². The van der Waals surface area contributed by atoms with Crippen LogP contribution in [0.1, 0.15) is 31.2 Å². The lowest BCUT2D eigenvalue weighted by Crippen LogP contribution is -1.89. The maximum Gasteiger partial charge on any atom is 0.126 e. The van der Waals surface area contributed by atoms with Crippen LogP contribution < -0.4 is 0 Å². The zero-order valence-corrected chi connectivity index (χ0v) is 8.51. The van der Waals surface area contributed by atoms with Gasteiger partial charge in [-0.1, -0.05) is 30.7 Å². The monoisotopic (exact) mass is 192 g/mol. The molecule has 0 saturated carbocycles. The second-order valence-corrected chi connectivity index (χ2v) is 3.48. The van der Waals surface area contributed by atoms with Crippen molar-refractivity contribution in [1.82, 2.24) is 0 Å². The van der Waals surface area contributed by atoms with E-state index in [9.17, 15) is 4.39 Å². The molecule has 0 amide bonds. The van der Waals surface area contributed by atoms with Crippen LogP contribution in [0.5, 0.6) is 0 Å². The highest BCUT2D eigenvalue weighted by Gasteiger charge is 1.99. The molecule has 0 N–H and O–H groups in total. The van der Waals surface area contributed by atoms with E-state index in [4.69, 9.17) is 0 Å². The molecule has 0 nitrogen and oxygen atoms in total. The molecule has 0 aliphatic carbocycles. The largest absolute Gasteiger partial charge is 0.207 e. The van der Waals surface area contributed by atoms with Gasteiger partial charge in [0.1, 0.15) is 5.82 Å². The predicted molar refractivity (Wildman–Crippen MR) is 58.8 cm³/mol. The molecule has 1 aromatic rings. The maximum absolute atomic E-state index is 13.1. The molecule has 0 spiro atoms. The van der Waals surface area contributed by atoms with E-state index in [1.54, 1.807) is 6.07 Å². The number of hydrogen-bond acceptors (Lipinski definition) is 0. The molecule has 0 radical (unpaired) electrons. The van der Waals surface area contributed by atoms with Crippen molar-refractivity contribution in [2.75, 3.05) is 0 Å². The molecule has 0 atom stereocenters. The Morgan fingerprint density at radius 1 is 1.14 bits per heavy atom. The molecule has 0 fully saturated rings. The highest BCUT2D eigenvalue weighted by Crippen LogP contribution is 2.11. The summed E-state index contributed by atoms with van der Waals surface area (Å²) in [5.41, 5.74) is 0.839. The van der Waals surface area contributed by atoms with Crippen molar-refractivity contribution in [3.05, 3.63) is 48.3 Å². The smallest absolute Gasteiger partial charge is 0.126 e. The lowest BCUT2D eigenvalue weighted by Gasteiger charge is -2.01. The Kier molecular flexibility index (Phi) is 4.98. The van der Waals surface area contributed by atoms with Crippen molar-refractivity contribution in [2.24, 2.45) is 0 Å². The minimum Gasteiger partial charge on any atom is -0.207 e. The Morgan fingerprint density at radius 2 is 1.93 bits per heavy atom. The Labute approximate surface area is 85.5 Å². The van der Waals surface area contributed by atoms with Gasteiger partial charge in [-0.2, -0.15) is 0 Å². The number of benzene rings is 1. The van der Waals surface area contributed by atoms with Crippen LogP contribution >= 0.6 is 0 Å². The van der Waals surface area contributed by atoms with E-state index in [0.29, 0.717) is 0 Å². The van der Waals surface area contributed by atoms with Gasteiger partial charge in [0.05, 0.1) is 0 Å². The van der Waals surface area contributed by atoms with Crippen LogP contribution in [0, 0.1) is 5.82 Å². The van der Waals surface area contributed by atoms with Crippen LogP contribution in [-0.4, -0.2) is 0 Å². The van der Waals surface area contributed by atoms with Crippen LogP contribution in [0.15, 0.2) is 36.9 Å². The number of unbranched alkanes of at least 4 members (excludes halogenated alkanes) is 3. The third-order valence-corrected chi connectivity index (χ3v) is 2.31. The van der Waals surface area contributed by atoms with E-state index in [0.717, 1.165) is 37.7 Å². The molecule has 1 aromatic carbocycles. The highest BCUT2D eigenvalue weighted by molar-refractivity contribution is 5.17. The molecule has 0 aliphatic heterocycles. The summed E-state index contributed by atoms with van der Waals surface area (Å²) in [6.45, 7) is 3.67. The fourth-order valence-corrected chi connectivity index (χ4v) is 1.48. The van der Waals surface area contributed by atoms with E-state index in [-0.39, 0.29) is 5.82 Å². The van der Waals surface area contributed by atoms with Gasteiger partial charge in [0.2, 0.25) is 0 Å². The molecule has 0 unspecified atom stereocenters. The van der Waals surface area contributed by atoms with Gasteiger partial charge >= 0.3 is 0 Å². The first-order valence-electron chi connectivity index (χ1n) is 5.19. The molecule has 14 heavy (non-hydrogen) atoms. The Hall–Kier alpha value is -1.11. The van der Waals surface area contributed by atoms with Gasteiger partial charge in [-0.05, 0) is 37.3 Å². The number of rotatable bonds is 6. The SMILES string of the molecule is C=CCCCCCc1ccccc1F. The Morgan fingerprint density at radius 3 is 2.64 bits per heavy atom. The zero-order valence-electron chi connectivity index (χ0n) is 8.51. The molecule has 0 heterocycles. The summed E-state index contributed by atoms with van der Waals surface area (Å²) in [6, 6.07) is 7.01. The van der Waals surface area contributed by atoms with E-state index < -0.39 is 0 Å². The van der Waals surface area contributed by atoms with E-state index in [2.05, 4.69) is 6.58 Å². The zero-order chi connectivity index (χ0) is 10.2. The van der Waals surface area contributed by atoms with Gasteiger partial charge < -0.3 is 0 Å². The summed E-state index contributed by atoms with van der Waals surface area (Å²) in [5, 5.41) is 0. The Balaban J connectivity index is 2.24. The third-order valence-electron chi connectivity index (χ3n) is 2.31. The molecule has 1 heteroatoms. The second kappa shape index (κ2) is 6.36. The predicted octanol–water partition coefficient (Wildman–Crippen LogP) is 4.11. The molecule has 0 bridgehead atoms. The fourth-order valence-electron chi connectivity index (χ4n) is 1.48. The Bertz CT molecular complexity index is 278. The van der Waals surface area contributed by atoms with E-state index >= 15 is 0 Å². The standard InChI is InChI=1S/C13H17F/c1-2-3-4-5-6-9-12-10-7-8-11-13(12)14/h2,7-8,10-11H,1,3-6,9H2. The molecular weight excluding hydrogens is 175 g/mol. The summed E-state index contributed by atoms with van der Waals surface area (Å²) < 4.78 is 13.1. The summed E-state index contributed by atoms with van der Waals surface area (Å²) in [4.78, 5) is 0. The lowest BCUT2D eigenvalue weighted by atomic mass is 10.1. The molecule has 1 rings (SSSR count). The van der Waals surface area contributed by atoms with Crippen molar-refractivity contribution in [1.29, 1.82) is 0 Å². The van der Waals surface area contributed by atoms with Crippen LogP contribution in [0.2, 0.25) is 0 Å². The van der Waals surface area contributed by atoms with Gasteiger partial charge in [0.15, 0.2) is 0 Å². The van der Waals surface area contributed by atoms with Crippen molar-refractivity contribution in [3.63, 3.8) is 0 Å². The van der Waals surface area contributed by atoms with Gasteiger partial charge in [-0.3, -0.25) is 0 Å². The highest BCUT2D eigenvalue weighted by atomic mass is 19.1. The number of allylic oxidation sites excluding steroid dienone is 1. The van der Waals surface area contributed by atoms with Crippen LogP contribution in [0.4, 0.5) is 4.39 Å². The fraction of sp³-hybridized carbons (Fsp3) is 0.385. The summed E-state index contributed by atoms with van der Waals surface area (Å²) in [6.07, 6.45) is 7.23. The van der Waals surface area contributed by atoms with Gasteiger partial charge in [0.25, 0.3) is 0 Å². The quantitative estimate of drug-likeness (QED) is 0.470. The first-order valence-corrected chi connectivity index (χ1v) is 5.19. The average Bonchev–Trinajstić information content (AvgIpc) is 2.20. The minimum absolute atomic E-state index is 0.0729.